The van der Waals surface area contributed by atoms with Crippen molar-refractivity contribution in [2.24, 2.45) is 10.9 Å². The molecule has 0 saturated carbocycles. The van der Waals surface area contributed by atoms with E-state index in [2.05, 4.69) is 5.16 Å². The molecule has 0 aliphatic carbocycles. The molecule has 0 amide bonds. The zero-order valence-electron chi connectivity index (χ0n) is 13.6. The van der Waals surface area contributed by atoms with Crippen LogP contribution in [0.3, 0.4) is 0 Å². The van der Waals surface area contributed by atoms with Gasteiger partial charge in [-0.1, -0.05) is 5.16 Å². The lowest BCUT2D eigenvalue weighted by molar-refractivity contribution is 0.0512. The van der Waals surface area contributed by atoms with Crippen LogP contribution in [-0.2, 0) is 4.84 Å². The highest BCUT2D eigenvalue weighted by Crippen LogP contribution is 2.25. The maximum Gasteiger partial charge on any atom is 0.369 e. The van der Waals surface area contributed by atoms with Crippen LogP contribution in [0, 0.1) is 0 Å². The number of hydrogen-bond donors (Lipinski definition) is 1. The third-order valence-electron chi connectivity index (χ3n) is 3.24. The second-order valence-electron chi connectivity index (χ2n) is 4.65. The molecule has 126 valence electrons. The molecule has 0 aromatic heterocycles. The monoisotopic (exact) mass is 330 g/mol. The number of amidine groups is 1. The molecule has 0 aliphatic rings. The molecule has 2 N–H and O–H groups in total. The predicted octanol–water partition coefficient (Wildman–Crippen LogP) is 2.19. The Labute approximate surface area is 139 Å². The summed E-state index contributed by atoms with van der Waals surface area (Å²) in [5, 5.41) is 3.66. The Kier molecular flexibility index (Phi) is 5.62. The van der Waals surface area contributed by atoms with Gasteiger partial charge < -0.3 is 24.8 Å². The van der Waals surface area contributed by atoms with Crippen molar-refractivity contribution in [1.82, 2.24) is 0 Å². The van der Waals surface area contributed by atoms with Gasteiger partial charge in [0.15, 0.2) is 5.84 Å². The molecule has 0 saturated heterocycles. The molecule has 0 atom stereocenters. The van der Waals surface area contributed by atoms with Gasteiger partial charge in [-0.25, -0.2) is 4.79 Å². The van der Waals surface area contributed by atoms with Gasteiger partial charge in [0.2, 0.25) is 0 Å². The Morgan fingerprint density at radius 3 is 2.12 bits per heavy atom. The van der Waals surface area contributed by atoms with Crippen LogP contribution in [0.25, 0.3) is 0 Å². The van der Waals surface area contributed by atoms with E-state index in [0.29, 0.717) is 22.8 Å². The molecule has 7 heteroatoms. The van der Waals surface area contributed by atoms with E-state index in [-0.39, 0.29) is 11.4 Å². The number of nitrogens with zero attached hydrogens (tertiary/aromatic N) is 1. The molecule has 0 bridgehead atoms. The molecule has 2 aromatic carbocycles. The Hall–Kier alpha value is -3.22. The first-order valence-electron chi connectivity index (χ1n) is 7.00. The van der Waals surface area contributed by atoms with Crippen molar-refractivity contribution in [2.45, 2.75) is 0 Å². The number of oxime groups is 1. The normalized spacial score (nSPS) is 10.9. The fraction of sp³-hybridized carbons (Fsp3) is 0.176. The SMILES string of the molecule is COc1ccc(/C(N)=N\OC(=O)c2ccc(OC)cc2OC)cc1. The van der Waals surface area contributed by atoms with E-state index < -0.39 is 5.97 Å². The van der Waals surface area contributed by atoms with Gasteiger partial charge in [0.1, 0.15) is 22.8 Å². The van der Waals surface area contributed by atoms with Crippen LogP contribution >= 0.6 is 0 Å². The lowest BCUT2D eigenvalue weighted by Crippen LogP contribution is -2.15. The minimum atomic E-state index is -0.689. The Morgan fingerprint density at radius 2 is 1.54 bits per heavy atom. The summed E-state index contributed by atoms with van der Waals surface area (Å²) in [5.41, 5.74) is 6.62. The number of ether oxygens (including phenoxy) is 3. The molecule has 24 heavy (non-hydrogen) atoms. The number of nitrogens with two attached hydrogens (primary N) is 1. The van der Waals surface area contributed by atoms with Crippen molar-refractivity contribution < 1.29 is 23.8 Å². The van der Waals surface area contributed by atoms with Gasteiger partial charge in [-0.05, 0) is 36.4 Å². The third-order valence-corrected chi connectivity index (χ3v) is 3.24. The Balaban J connectivity index is 2.13. The van der Waals surface area contributed by atoms with E-state index in [1.165, 1.54) is 20.3 Å². The number of hydrogen-bond acceptors (Lipinski definition) is 6. The van der Waals surface area contributed by atoms with Gasteiger partial charge >= 0.3 is 5.97 Å². The highest BCUT2D eigenvalue weighted by atomic mass is 16.7. The number of methoxy groups -OCH3 is 3. The van der Waals surface area contributed by atoms with Gasteiger partial charge in [-0.3, -0.25) is 0 Å². The molecule has 2 aromatic rings. The summed E-state index contributed by atoms with van der Waals surface area (Å²) in [6, 6.07) is 11.6. The molecular weight excluding hydrogens is 312 g/mol. The first-order chi connectivity index (χ1) is 11.6. The smallest absolute Gasteiger partial charge is 0.369 e. The summed E-state index contributed by atoms with van der Waals surface area (Å²) in [4.78, 5) is 17.0. The second kappa shape index (κ2) is 7.87. The van der Waals surface area contributed by atoms with Crippen molar-refractivity contribution in [2.75, 3.05) is 21.3 Å². The first kappa shape index (κ1) is 17.1. The van der Waals surface area contributed by atoms with Gasteiger partial charge in [-0.2, -0.15) is 0 Å². The lowest BCUT2D eigenvalue weighted by atomic mass is 10.2. The molecule has 0 unspecified atom stereocenters. The minimum absolute atomic E-state index is 0.0680. The van der Waals surface area contributed by atoms with Crippen molar-refractivity contribution in [3.63, 3.8) is 0 Å². The fourth-order valence-electron chi connectivity index (χ4n) is 1.92. The zero-order chi connectivity index (χ0) is 17.5. The molecule has 0 aliphatic heterocycles. The highest BCUT2D eigenvalue weighted by Gasteiger charge is 2.15. The number of carbonyl (C=O) groups excluding carboxylic acids is 1. The van der Waals surface area contributed by atoms with Gasteiger partial charge in [0.05, 0.1) is 21.3 Å². The molecule has 0 spiro atoms. The average Bonchev–Trinajstić information content (AvgIpc) is 2.65. The molecular formula is C17H18N2O5. The van der Waals surface area contributed by atoms with Crippen LogP contribution in [0.15, 0.2) is 47.6 Å². The summed E-state index contributed by atoms with van der Waals surface area (Å²) >= 11 is 0. The van der Waals surface area contributed by atoms with Gasteiger partial charge in [0, 0.05) is 11.6 Å². The molecule has 0 radical (unpaired) electrons. The van der Waals surface area contributed by atoms with Crippen LogP contribution < -0.4 is 19.9 Å². The van der Waals surface area contributed by atoms with Crippen molar-refractivity contribution >= 4 is 11.8 Å². The van der Waals surface area contributed by atoms with Crippen LogP contribution in [0.4, 0.5) is 0 Å². The Morgan fingerprint density at radius 1 is 0.917 bits per heavy atom. The van der Waals surface area contributed by atoms with Crippen molar-refractivity contribution in [1.29, 1.82) is 0 Å². The summed E-state index contributed by atoms with van der Waals surface area (Å²) in [6.45, 7) is 0. The Bertz CT molecular complexity index is 741. The molecule has 2 rings (SSSR count). The third kappa shape index (κ3) is 3.95. The second-order valence-corrected chi connectivity index (χ2v) is 4.65. The van der Waals surface area contributed by atoms with Crippen LogP contribution in [0.5, 0.6) is 17.2 Å². The largest absolute Gasteiger partial charge is 0.497 e. The standard InChI is InChI=1S/C17H18N2O5/c1-21-12-6-4-11(5-7-12)16(18)19-24-17(20)14-9-8-13(22-2)10-15(14)23-3/h4-10H,1-3H3,(H2,18,19). The van der Waals surface area contributed by atoms with E-state index in [1.54, 1.807) is 43.5 Å². The van der Waals surface area contributed by atoms with Crippen LogP contribution in [0.1, 0.15) is 15.9 Å². The zero-order valence-corrected chi connectivity index (χ0v) is 13.6. The summed E-state index contributed by atoms with van der Waals surface area (Å²) in [6.07, 6.45) is 0. The molecule has 7 nitrogen and oxygen atoms in total. The highest BCUT2D eigenvalue weighted by molar-refractivity contribution is 5.98. The van der Waals surface area contributed by atoms with Crippen molar-refractivity contribution in [3.8, 4) is 17.2 Å². The number of benzene rings is 2. The summed E-state index contributed by atoms with van der Waals surface area (Å²) in [7, 11) is 4.53. The maximum absolute atomic E-state index is 12.1. The molecule has 0 heterocycles. The van der Waals surface area contributed by atoms with Crippen molar-refractivity contribution in [3.05, 3.63) is 53.6 Å². The van der Waals surface area contributed by atoms with E-state index in [0.717, 1.165) is 0 Å². The van der Waals surface area contributed by atoms with Crippen LogP contribution in [-0.4, -0.2) is 33.1 Å². The average molecular weight is 330 g/mol. The lowest BCUT2D eigenvalue weighted by Gasteiger charge is -2.08. The molecule has 0 fully saturated rings. The number of carbonyl (C=O) groups is 1. The van der Waals surface area contributed by atoms with E-state index in [4.69, 9.17) is 24.8 Å². The van der Waals surface area contributed by atoms with Crippen LogP contribution in [0.2, 0.25) is 0 Å². The topological polar surface area (TPSA) is 92.4 Å². The maximum atomic E-state index is 12.1. The predicted molar refractivity (Wildman–Crippen MR) is 88.7 cm³/mol. The summed E-state index contributed by atoms with van der Waals surface area (Å²) in [5.74, 6) is 0.943. The fourth-order valence-corrected chi connectivity index (χ4v) is 1.92. The van der Waals surface area contributed by atoms with E-state index in [9.17, 15) is 4.79 Å². The first-order valence-corrected chi connectivity index (χ1v) is 7.00. The minimum Gasteiger partial charge on any atom is -0.497 e. The quantitative estimate of drug-likeness (QED) is 0.378. The summed E-state index contributed by atoms with van der Waals surface area (Å²) < 4.78 is 15.3. The van der Waals surface area contributed by atoms with Gasteiger partial charge in [0.25, 0.3) is 0 Å². The van der Waals surface area contributed by atoms with E-state index >= 15 is 0 Å². The number of rotatable bonds is 6. The van der Waals surface area contributed by atoms with E-state index in [1.807, 2.05) is 0 Å². The van der Waals surface area contributed by atoms with Gasteiger partial charge in [-0.15, -0.1) is 0 Å².